The fourth-order valence-corrected chi connectivity index (χ4v) is 2.59. The summed E-state index contributed by atoms with van der Waals surface area (Å²) in [5.41, 5.74) is 2.47. The highest BCUT2D eigenvalue weighted by atomic mass is 35.5. The first-order chi connectivity index (χ1) is 9.56. The molecule has 0 aliphatic carbocycles. The Morgan fingerprint density at radius 2 is 1.70 bits per heavy atom. The van der Waals surface area contributed by atoms with Crippen molar-refractivity contribution in [3.05, 3.63) is 76.5 Å². The third kappa shape index (κ3) is 5.91. The van der Waals surface area contributed by atoms with Crippen LogP contribution in [-0.4, -0.2) is 5.11 Å². The van der Waals surface area contributed by atoms with E-state index in [1.807, 2.05) is 18.2 Å². The SMILES string of the molecule is C=CO.Cc1ccc(SCc2ccc(Cl)c(Cl)c2)cc1. The van der Waals surface area contributed by atoms with Gasteiger partial charge in [0.25, 0.3) is 0 Å². The monoisotopic (exact) mass is 326 g/mol. The zero-order chi connectivity index (χ0) is 15.0. The number of hydrogen-bond acceptors (Lipinski definition) is 2. The molecule has 0 radical (unpaired) electrons. The highest BCUT2D eigenvalue weighted by Gasteiger charge is 2.00. The Morgan fingerprint density at radius 3 is 2.25 bits per heavy atom. The molecular weight excluding hydrogens is 311 g/mol. The van der Waals surface area contributed by atoms with E-state index in [0.29, 0.717) is 10.0 Å². The number of benzene rings is 2. The first kappa shape index (κ1) is 17.0. The molecule has 0 bridgehead atoms. The first-order valence-electron chi connectivity index (χ1n) is 5.95. The van der Waals surface area contributed by atoms with Crippen LogP contribution in [0.3, 0.4) is 0 Å². The maximum atomic E-state index is 7.33. The van der Waals surface area contributed by atoms with Gasteiger partial charge in [-0.15, -0.1) is 11.8 Å². The zero-order valence-corrected chi connectivity index (χ0v) is 13.5. The summed E-state index contributed by atoms with van der Waals surface area (Å²) in [5.74, 6) is 0.903. The molecule has 2 rings (SSSR count). The largest absolute Gasteiger partial charge is 0.516 e. The standard InChI is InChI=1S/C14H12Cl2S.C2H4O/c1-10-2-5-12(6-3-10)17-9-11-4-7-13(15)14(16)8-11;1-2-3/h2-8H,9H2,1H3;2-3H,1H2. The van der Waals surface area contributed by atoms with Crippen molar-refractivity contribution in [1.29, 1.82) is 0 Å². The number of halogens is 2. The summed E-state index contributed by atoms with van der Waals surface area (Å²) in [4.78, 5) is 1.27. The Kier molecular flexibility index (Phi) is 7.60. The quantitative estimate of drug-likeness (QED) is 0.528. The molecule has 4 heteroatoms. The fraction of sp³-hybridized carbons (Fsp3) is 0.125. The van der Waals surface area contributed by atoms with Crippen molar-refractivity contribution in [3.63, 3.8) is 0 Å². The second kappa shape index (κ2) is 8.96. The molecule has 0 aliphatic rings. The minimum absolute atomic E-state index is 0.607. The van der Waals surface area contributed by atoms with Crippen molar-refractivity contribution < 1.29 is 5.11 Å². The van der Waals surface area contributed by atoms with E-state index in [2.05, 4.69) is 37.8 Å². The van der Waals surface area contributed by atoms with Crippen molar-refractivity contribution in [1.82, 2.24) is 0 Å². The van der Waals surface area contributed by atoms with Crippen molar-refractivity contribution in [2.45, 2.75) is 17.6 Å². The van der Waals surface area contributed by atoms with Crippen LogP contribution in [0, 0.1) is 6.92 Å². The number of aryl methyl sites for hydroxylation is 1. The molecule has 0 atom stereocenters. The molecule has 0 fully saturated rings. The number of thioether (sulfide) groups is 1. The maximum Gasteiger partial charge on any atom is 0.0719 e. The predicted molar refractivity (Wildman–Crippen MR) is 90.0 cm³/mol. The van der Waals surface area contributed by atoms with Gasteiger partial charge in [0.1, 0.15) is 0 Å². The number of aliphatic hydroxyl groups excluding tert-OH is 1. The van der Waals surface area contributed by atoms with Gasteiger partial charge in [-0.3, -0.25) is 0 Å². The van der Waals surface area contributed by atoms with E-state index in [-0.39, 0.29) is 0 Å². The summed E-state index contributed by atoms with van der Waals surface area (Å²) < 4.78 is 0. The smallest absolute Gasteiger partial charge is 0.0719 e. The molecule has 0 spiro atoms. The van der Waals surface area contributed by atoms with Crippen LogP contribution in [0.4, 0.5) is 0 Å². The van der Waals surface area contributed by atoms with E-state index in [9.17, 15) is 0 Å². The van der Waals surface area contributed by atoms with Gasteiger partial charge in [0.15, 0.2) is 0 Å². The molecule has 2 aromatic carbocycles. The Morgan fingerprint density at radius 1 is 1.10 bits per heavy atom. The Hall–Kier alpha value is -1.09. The zero-order valence-electron chi connectivity index (χ0n) is 11.1. The van der Waals surface area contributed by atoms with E-state index >= 15 is 0 Å². The normalized spacial score (nSPS) is 9.55. The van der Waals surface area contributed by atoms with Gasteiger partial charge in [0, 0.05) is 10.6 Å². The van der Waals surface area contributed by atoms with Crippen molar-refractivity contribution in [2.24, 2.45) is 0 Å². The first-order valence-corrected chi connectivity index (χ1v) is 7.69. The van der Waals surface area contributed by atoms with Crippen LogP contribution < -0.4 is 0 Å². The fourth-order valence-electron chi connectivity index (χ4n) is 1.43. The average molecular weight is 327 g/mol. The van der Waals surface area contributed by atoms with Crippen LogP contribution in [-0.2, 0) is 5.75 Å². The van der Waals surface area contributed by atoms with Gasteiger partial charge in [-0.1, -0.05) is 53.5 Å². The molecule has 0 heterocycles. The Bertz CT molecular complexity index is 553. The number of hydrogen-bond donors (Lipinski definition) is 1. The van der Waals surface area contributed by atoms with E-state index in [0.717, 1.165) is 12.0 Å². The van der Waals surface area contributed by atoms with Crippen LogP contribution >= 0.6 is 35.0 Å². The lowest BCUT2D eigenvalue weighted by Crippen LogP contribution is -1.81. The average Bonchev–Trinajstić information content (AvgIpc) is 2.43. The second-order valence-electron chi connectivity index (χ2n) is 4.03. The molecule has 1 N–H and O–H groups in total. The lowest BCUT2D eigenvalue weighted by atomic mass is 10.2. The van der Waals surface area contributed by atoms with E-state index in [1.165, 1.54) is 16.0 Å². The molecule has 0 saturated carbocycles. The molecule has 2 aromatic rings. The van der Waals surface area contributed by atoms with Crippen LogP contribution in [0.15, 0.2) is 60.2 Å². The Labute approximate surface area is 134 Å². The van der Waals surface area contributed by atoms with Gasteiger partial charge in [-0.25, -0.2) is 0 Å². The van der Waals surface area contributed by atoms with Gasteiger partial charge < -0.3 is 5.11 Å². The summed E-state index contributed by atoms with van der Waals surface area (Å²) in [6.45, 7) is 5.01. The van der Waals surface area contributed by atoms with Gasteiger partial charge in [-0.2, -0.15) is 0 Å². The molecule has 20 heavy (non-hydrogen) atoms. The third-order valence-electron chi connectivity index (χ3n) is 2.41. The molecule has 0 amide bonds. The van der Waals surface area contributed by atoms with Crippen LogP contribution in [0.1, 0.15) is 11.1 Å². The van der Waals surface area contributed by atoms with E-state index < -0.39 is 0 Å². The van der Waals surface area contributed by atoms with Gasteiger partial charge >= 0.3 is 0 Å². The van der Waals surface area contributed by atoms with Crippen LogP contribution in [0.25, 0.3) is 0 Å². The minimum Gasteiger partial charge on any atom is -0.516 e. The lowest BCUT2D eigenvalue weighted by Gasteiger charge is -2.04. The third-order valence-corrected chi connectivity index (χ3v) is 4.23. The molecule has 1 nitrogen and oxygen atoms in total. The predicted octanol–water partition coefficient (Wildman–Crippen LogP) is 6.28. The molecule has 0 unspecified atom stereocenters. The summed E-state index contributed by atoms with van der Waals surface area (Å²) in [7, 11) is 0. The van der Waals surface area contributed by atoms with Gasteiger partial charge in [0.2, 0.25) is 0 Å². The highest BCUT2D eigenvalue weighted by molar-refractivity contribution is 7.98. The summed E-state index contributed by atoms with van der Waals surface area (Å²) in [6.07, 6.45) is 0.750. The molecule has 0 aliphatic heterocycles. The minimum atomic E-state index is 0.607. The van der Waals surface area contributed by atoms with Crippen molar-refractivity contribution in [3.8, 4) is 0 Å². The summed E-state index contributed by atoms with van der Waals surface area (Å²) >= 11 is 13.6. The number of rotatable bonds is 3. The van der Waals surface area contributed by atoms with Crippen molar-refractivity contribution in [2.75, 3.05) is 0 Å². The van der Waals surface area contributed by atoms with Crippen LogP contribution in [0.2, 0.25) is 10.0 Å². The van der Waals surface area contributed by atoms with Gasteiger partial charge in [0.05, 0.1) is 16.3 Å². The molecule has 0 saturated heterocycles. The van der Waals surface area contributed by atoms with Crippen molar-refractivity contribution >= 4 is 35.0 Å². The lowest BCUT2D eigenvalue weighted by molar-refractivity contribution is 0.476. The molecule has 106 valence electrons. The highest BCUT2D eigenvalue weighted by Crippen LogP contribution is 2.27. The van der Waals surface area contributed by atoms with E-state index in [4.69, 9.17) is 28.3 Å². The summed E-state index contributed by atoms with van der Waals surface area (Å²) in [6, 6.07) is 14.3. The topological polar surface area (TPSA) is 20.2 Å². The number of aliphatic hydroxyl groups is 1. The Balaban J connectivity index is 0.000000612. The van der Waals surface area contributed by atoms with E-state index in [1.54, 1.807) is 11.8 Å². The molecule has 0 aromatic heterocycles. The van der Waals surface area contributed by atoms with Crippen LogP contribution in [0.5, 0.6) is 0 Å². The maximum absolute atomic E-state index is 7.33. The van der Waals surface area contributed by atoms with Gasteiger partial charge in [-0.05, 0) is 36.8 Å². The second-order valence-corrected chi connectivity index (χ2v) is 5.90. The summed E-state index contributed by atoms with van der Waals surface area (Å²) in [5, 5.41) is 8.56. The molecular formula is C16H16Cl2OS.